The SMILES string of the molecule is CC.CCOS(=O)c1ccc([N+](=O)[O-])cc1. The van der Waals surface area contributed by atoms with Crippen LogP contribution in [0.5, 0.6) is 0 Å². The van der Waals surface area contributed by atoms with Crippen molar-refractivity contribution in [3.8, 4) is 0 Å². The molecule has 0 heterocycles. The maximum absolute atomic E-state index is 11.2. The number of nitrogens with zero attached hydrogens (tertiary/aromatic N) is 1. The highest BCUT2D eigenvalue weighted by Gasteiger charge is 2.07. The monoisotopic (exact) mass is 245 g/mol. The van der Waals surface area contributed by atoms with Gasteiger partial charge in [0.1, 0.15) is 0 Å². The standard InChI is InChI=1S/C8H9NO4S.C2H6/c1-2-13-14(12)8-5-3-7(4-6-8)9(10)11;1-2/h3-6H,2H2,1H3;1-2H3. The molecular weight excluding hydrogens is 230 g/mol. The molecule has 0 saturated carbocycles. The highest BCUT2D eigenvalue weighted by atomic mass is 32.2. The molecule has 0 aliphatic rings. The van der Waals surface area contributed by atoms with Crippen molar-refractivity contribution in [3.05, 3.63) is 34.4 Å². The molecule has 1 unspecified atom stereocenters. The fourth-order valence-corrected chi connectivity index (χ4v) is 1.56. The van der Waals surface area contributed by atoms with Crippen molar-refractivity contribution in [2.45, 2.75) is 25.7 Å². The van der Waals surface area contributed by atoms with Gasteiger partial charge in [0.15, 0.2) is 11.1 Å². The number of non-ortho nitro benzene ring substituents is 1. The summed E-state index contributed by atoms with van der Waals surface area (Å²) in [5.74, 6) is 0. The van der Waals surface area contributed by atoms with Crippen molar-refractivity contribution in [1.29, 1.82) is 0 Å². The van der Waals surface area contributed by atoms with Crippen LogP contribution in [0.15, 0.2) is 29.2 Å². The van der Waals surface area contributed by atoms with Crippen LogP contribution in [0.2, 0.25) is 0 Å². The van der Waals surface area contributed by atoms with E-state index >= 15 is 0 Å². The second-order valence-corrected chi connectivity index (χ2v) is 3.57. The van der Waals surface area contributed by atoms with E-state index in [2.05, 4.69) is 0 Å². The van der Waals surface area contributed by atoms with Gasteiger partial charge < -0.3 is 0 Å². The average molecular weight is 245 g/mol. The minimum absolute atomic E-state index is 0.0257. The fraction of sp³-hybridized carbons (Fsp3) is 0.400. The van der Waals surface area contributed by atoms with E-state index in [1.165, 1.54) is 24.3 Å². The highest BCUT2D eigenvalue weighted by Crippen LogP contribution is 2.14. The van der Waals surface area contributed by atoms with Crippen molar-refractivity contribution in [3.63, 3.8) is 0 Å². The largest absolute Gasteiger partial charge is 0.287 e. The van der Waals surface area contributed by atoms with Crippen molar-refractivity contribution in [2.75, 3.05) is 6.61 Å². The van der Waals surface area contributed by atoms with E-state index in [4.69, 9.17) is 4.18 Å². The molecule has 0 saturated heterocycles. The molecule has 0 aliphatic carbocycles. The number of rotatable bonds is 4. The van der Waals surface area contributed by atoms with Crippen molar-refractivity contribution in [1.82, 2.24) is 0 Å². The normalized spacial score (nSPS) is 11.2. The van der Waals surface area contributed by atoms with Crippen LogP contribution in [0, 0.1) is 10.1 Å². The third kappa shape index (κ3) is 4.50. The van der Waals surface area contributed by atoms with Gasteiger partial charge in [0, 0.05) is 12.1 Å². The van der Waals surface area contributed by atoms with Crippen LogP contribution in [0.1, 0.15) is 20.8 Å². The smallest absolute Gasteiger partial charge is 0.269 e. The van der Waals surface area contributed by atoms with Gasteiger partial charge in [-0.3, -0.25) is 14.3 Å². The zero-order chi connectivity index (χ0) is 12.6. The second-order valence-electron chi connectivity index (χ2n) is 2.39. The zero-order valence-electron chi connectivity index (χ0n) is 9.50. The molecule has 1 aromatic carbocycles. The van der Waals surface area contributed by atoms with Gasteiger partial charge in [-0.05, 0) is 19.1 Å². The van der Waals surface area contributed by atoms with E-state index in [-0.39, 0.29) is 5.69 Å². The predicted molar refractivity (Wildman–Crippen MR) is 62.5 cm³/mol. The van der Waals surface area contributed by atoms with Crippen LogP contribution in [0.4, 0.5) is 5.69 Å². The molecule has 6 heteroatoms. The van der Waals surface area contributed by atoms with Crippen molar-refractivity contribution < 1.29 is 13.3 Å². The lowest BCUT2D eigenvalue weighted by Crippen LogP contribution is -1.97. The quantitative estimate of drug-likeness (QED) is 0.604. The predicted octanol–water partition coefficient (Wildman–Crippen LogP) is 2.68. The first-order valence-corrected chi connectivity index (χ1v) is 6.02. The Labute approximate surface area is 97.2 Å². The van der Waals surface area contributed by atoms with Gasteiger partial charge in [-0.2, -0.15) is 0 Å². The Morgan fingerprint density at radius 2 is 1.81 bits per heavy atom. The van der Waals surface area contributed by atoms with Crippen LogP contribution < -0.4 is 0 Å². The Balaban J connectivity index is 0.00000106. The van der Waals surface area contributed by atoms with Crippen molar-refractivity contribution in [2.24, 2.45) is 0 Å². The molecule has 0 bridgehead atoms. The third-order valence-electron chi connectivity index (χ3n) is 1.46. The molecule has 1 atom stereocenters. The van der Waals surface area contributed by atoms with Crippen molar-refractivity contribution >= 4 is 16.8 Å². The van der Waals surface area contributed by atoms with Gasteiger partial charge >= 0.3 is 0 Å². The summed E-state index contributed by atoms with van der Waals surface area (Å²) in [7, 11) is 0. The summed E-state index contributed by atoms with van der Waals surface area (Å²) in [6.45, 7) is 6.06. The summed E-state index contributed by atoms with van der Waals surface area (Å²) in [4.78, 5) is 10.2. The molecule has 0 radical (unpaired) electrons. The maximum atomic E-state index is 11.2. The van der Waals surface area contributed by atoms with E-state index in [9.17, 15) is 14.3 Å². The first-order valence-electron chi connectivity index (χ1n) is 4.94. The van der Waals surface area contributed by atoms with E-state index in [0.717, 1.165) is 0 Å². The van der Waals surface area contributed by atoms with Crippen LogP contribution >= 0.6 is 0 Å². The molecule has 0 N–H and O–H groups in total. The van der Waals surface area contributed by atoms with Crippen LogP contribution in [-0.2, 0) is 15.3 Å². The third-order valence-corrected chi connectivity index (χ3v) is 2.57. The lowest BCUT2D eigenvalue weighted by Gasteiger charge is -1.99. The summed E-state index contributed by atoms with van der Waals surface area (Å²) < 4.78 is 16.1. The van der Waals surface area contributed by atoms with E-state index < -0.39 is 16.0 Å². The molecule has 0 fully saturated rings. The molecule has 0 aromatic heterocycles. The number of nitro benzene ring substituents is 1. The summed E-state index contributed by atoms with van der Waals surface area (Å²) in [6, 6.07) is 5.44. The lowest BCUT2D eigenvalue weighted by molar-refractivity contribution is -0.384. The number of nitro groups is 1. The minimum atomic E-state index is -1.53. The Bertz CT molecular complexity index is 350. The molecule has 90 valence electrons. The number of benzene rings is 1. The lowest BCUT2D eigenvalue weighted by atomic mass is 10.3. The summed E-state index contributed by atoms with van der Waals surface area (Å²) in [6.07, 6.45) is 0. The molecule has 16 heavy (non-hydrogen) atoms. The minimum Gasteiger partial charge on any atom is -0.287 e. The van der Waals surface area contributed by atoms with E-state index in [1.807, 2.05) is 13.8 Å². The van der Waals surface area contributed by atoms with Gasteiger partial charge in [-0.25, -0.2) is 4.21 Å². The molecular formula is C10H15NO4S. The molecule has 5 nitrogen and oxygen atoms in total. The van der Waals surface area contributed by atoms with Crippen LogP contribution in [0.25, 0.3) is 0 Å². The molecule has 0 amide bonds. The first-order chi connectivity index (χ1) is 7.65. The Kier molecular flexibility index (Phi) is 7.32. The molecule has 0 spiro atoms. The van der Waals surface area contributed by atoms with E-state index in [1.54, 1.807) is 6.92 Å². The van der Waals surface area contributed by atoms with Gasteiger partial charge in [-0.15, -0.1) is 0 Å². The highest BCUT2D eigenvalue weighted by molar-refractivity contribution is 7.80. The van der Waals surface area contributed by atoms with Gasteiger partial charge in [-0.1, -0.05) is 13.8 Å². The van der Waals surface area contributed by atoms with Crippen LogP contribution in [0.3, 0.4) is 0 Å². The summed E-state index contributed by atoms with van der Waals surface area (Å²) >= 11 is -1.53. The molecule has 0 aliphatic heterocycles. The summed E-state index contributed by atoms with van der Waals surface area (Å²) in [5.41, 5.74) is -0.0257. The number of hydrogen-bond acceptors (Lipinski definition) is 4. The average Bonchev–Trinajstić information content (AvgIpc) is 2.32. The summed E-state index contributed by atoms with van der Waals surface area (Å²) in [5, 5.41) is 10.3. The van der Waals surface area contributed by atoms with Crippen LogP contribution in [-0.4, -0.2) is 15.7 Å². The van der Waals surface area contributed by atoms with Gasteiger partial charge in [0.2, 0.25) is 0 Å². The van der Waals surface area contributed by atoms with Gasteiger partial charge in [0.05, 0.1) is 16.4 Å². The molecule has 1 rings (SSSR count). The van der Waals surface area contributed by atoms with E-state index in [0.29, 0.717) is 11.5 Å². The fourth-order valence-electron chi connectivity index (χ4n) is 0.854. The second kappa shape index (κ2) is 7.95. The number of hydrogen-bond donors (Lipinski definition) is 0. The Morgan fingerprint density at radius 1 is 1.31 bits per heavy atom. The topological polar surface area (TPSA) is 69.4 Å². The Hall–Kier alpha value is -1.27. The maximum Gasteiger partial charge on any atom is 0.269 e. The zero-order valence-corrected chi connectivity index (χ0v) is 10.3. The van der Waals surface area contributed by atoms with Gasteiger partial charge in [0.25, 0.3) is 5.69 Å². The first kappa shape index (κ1) is 14.7. The Morgan fingerprint density at radius 3 is 2.19 bits per heavy atom. The molecule has 1 aromatic rings.